The maximum atomic E-state index is 10.6. The predicted octanol–water partition coefficient (Wildman–Crippen LogP) is 1.06. The minimum atomic E-state index is -0.275. The maximum Gasteiger partial charge on any atom is 0.0793 e. The molecule has 0 saturated carbocycles. The molecule has 0 aliphatic carbocycles. The number of benzene rings is 1. The zero-order chi connectivity index (χ0) is 17.6. The van der Waals surface area contributed by atoms with Crippen molar-refractivity contribution in [1.29, 1.82) is 0 Å². The van der Waals surface area contributed by atoms with Gasteiger partial charge in [-0.1, -0.05) is 24.3 Å². The summed E-state index contributed by atoms with van der Waals surface area (Å²) in [5, 5.41) is 10.6. The highest BCUT2D eigenvalue weighted by atomic mass is 16.5. The highest BCUT2D eigenvalue weighted by Crippen LogP contribution is 2.19. The lowest BCUT2D eigenvalue weighted by Crippen LogP contribution is -2.54. The Labute approximate surface area is 152 Å². The molecule has 140 valence electrons. The van der Waals surface area contributed by atoms with E-state index in [1.807, 2.05) is 0 Å². The van der Waals surface area contributed by atoms with Gasteiger partial charge in [0.2, 0.25) is 0 Å². The van der Waals surface area contributed by atoms with Gasteiger partial charge in [0.15, 0.2) is 0 Å². The Kier molecular flexibility index (Phi) is 6.84. The molecular weight excluding hydrogens is 314 g/mol. The fourth-order valence-electron chi connectivity index (χ4n) is 4.14. The number of ether oxygens (including phenoxy) is 1. The van der Waals surface area contributed by atoms with Crippen LogP contribution < -0.4 is 0 Å². The smallest absolute Gasteiger partial charge is 0.0793 e. The van der Waals surface area contributed by atoms with Crippen molar-refractivity contribution in [2.45, 2.75) is 32.0 Å². The van der Waals surface area contributed by atoms with Crippen molar-refractivity contribution in [3.8, 4) is 0 Å². The van der Waals surface area contributed by atoms with Crippen LogP contribution in [0.15, 0.2) is 24.3 Å². The predicted molar refractivity (Wildman–Crippen MR) is 101 cm³/mol. The maximum absolute atomic E-state index is 10.6. The summed E-state index contributed by atoms with van der Waals surface area (Å²) in [7, 11) is 1.76. The quantitative estimate of drug-likeness (QED) is 0.799. The molecule has 1 N–H and O–H groups in total. The Morgan fingerprint density at radius 2 is 1.88 bits per heavy atom. The first-order valence-electron chi connectivity index (χ1n) is 9.58. The monoisotopic (exact) mass is 347 g/mol. The number of hydrogen-bond donors (Lipinski definition) is 1. The molecule has 2 atom stereocenters. The molecule has 1 saturated heterocycles. The van der Waals surface area contributed by atoms with E-state index in [0.29, 0.717) is 6.04 Å². The number of hydrogen-bond acceptors (Lipinski definition) is 5. The molecule has 0 bridgehead atoms. The number of aliphatic hydroxyl groups is 1. The molecule has 3 rings (SSSR count). The summed E-state index contributed by atoms with van der Waals surface area (Å²) in [5.41, 5.74) is 2.88. The van der Waals surface area contributed by atoms with Gasteiger partial charge in [-0.15, -0.1) is 0 Å². The van der Waals surface area contributed by atoms with E-state index >= 15 is 0 Å². The van der Waals surface area contributed by atoms with Crippen LogP contribution in [0.1, 0.15) is 18.1 Å². The molecule has 0 spiro atoms. The molecule has 1 aromatic carbocycles. The van der Waals surface area contributed by atoms with E-state index in [2.05, 4.69) is 45.9 Å². The highest BCUT2D eigenvalue weighted by molar-refractivity contribution is 5.29. The number of nitrogens with zero attached hydrogens (tertiary/aromatic N) is 3. The summed E-state index contributed by atoms with van der Waals surface area (Å²) in [6, 6.07) is 9.21. The van der Waals surface area contributed by atoms with E-state index in [1.165, 1.54) is 11.1 Å². The van der Waals surface area contributed by atoms with Gasteiger partial charge in [0, 0.05) is 65.5 Å². The second-order valence-electron chi connectivity index (χ2n) is 7.55. The number of methoxy groups -OCH3 is 1. The van der Waals surface area contributed by atoms with E-state index in [-0.39, 0.29) is 6.10 Å². The SMILES string of the molecule is COCCN1CCN(C[C@H](O)CN2CCc3ccccc3C2)C[C@H]1C. The third kappa shape index (κ3) is 5.25. The summed E-state index contributed by atoms with van der Waals surface area (Å²) in [5.74, 6) is 0. The van der Waals surface area contributed by atoms with Crippen LogP contribution in [0.5, 0.6) is 0 Å². The molecular formula is C20H33N3O2. The van der Waals surface area contributed by atoms with E-state index in [9.17, 15) is 5.11 Å². The second-order valence-corrected chi connectivity index (χ2v) is 7.55. The molecule has 2 aliphatic heterocycles. The zero-order valence-corrected chi connectivity index (χ0v) is 15.7. The Bertz CT molecular complexity index is 539. The summed E-state index contributed by atoms with van der Waals surface area (Å²) >= 11 is 0. The van der Waals surface area contributed by atoms with Gasteiger partial charge in [-0.25, -0.2) is 0 Å². The van der Waals surface area contributed by atoms with Crippen molar-refractivity contribution < 1.29 is 9.84 Å². The van der Waals surface area contributed by atoms with Crippen molar-refractivity contribution in [3.63, 3.8) is 0 Å². The standard InChI is InChI=1S/C20H33N3O2/c1-17-13-22(9-10-23(17)11-12-25-2)16-20(24)15-21-8-7-18-5-3-4-6-19(18)14-21/h3-6,17,20,24H,7-16H2,1-2H3/t17-,20-/m1/s1. The molecule has 0 aromatic heterocycles. The number of fused-ring (bicyclic) bond motifs is 1. The number of rotatable bonds is 7. The lowest BCUT2D eigenvalue weighted by Gasteiger charge is -2.41. The van der Waals surface area contributed by atoms with Gasteiger partial charge in [-0.3, -0.25) is 14.7 Å². The van der Waals surface area contributed by atoms with Gasteiger partial charge < -0.3 is 9.84 Å². The third-order valence-electron chi connectivity index (χ3n) is 5.58. The number of aliphatic hydroxyl groups excluding tert-OH is 1. The van der Waals surface area contributed by atoms with E-state index in [1.54, 1.807) is 7.11 Å². The molecule has 2 heterocycles. The van der Waals surface area contributed by atoms with Crippen LogP contribution in [-0.4, -0.2) is 91.5 Å². The van der Waals surface area contributed by atoms with Crippen LogP contribution in [-0.2, 0) is 17.7 Å². The minimum absolute atomic E-state index is 0.275. The molecule has 25 heavy (non-hydrogen) atoms. The Hall–Kier alpha value is -0.980. The normalized spacial score (nSPS) is 24.2. The molecule has 0 radical (unpaired) electrons. The Balaban J connectivity index is 1.42. The summed E-state index contributed by atoms with van der Waals surface area (Å²) < 4.78 is 5.19. The molecule has 2 aliphatic rings. The largest absolute Gasteiger partial charge is 0.390 e. The summed E-state index contributed by atoms with van der Waals surface area (Å²) in [6.07, 6.45) is 0.820. The lowest BCUT2D eigenvalue weighted by molar-refractivity contribution is 0.0216. The van der Waals surface area contributed by atoms with E-state index in [4.69, 9.17) is 4.74 Å². The van der Waals surface area contributed by atoms with Crippen LogP contribution in [0.25, 0.3) is 0 Å². The first-order chi connectivity index (χ1) is 12.2. The first kappa shape index (κ1) is 18.8. The topological polar surface area (TPSA) is 39.2 Å². The minimum Gasteiger partial charge on any atom is -0.390 e. The average molecular weight is 348 g/mol. The van der Waals surface area contributed by atoms with E-state index < -0.39 is 0 Å². The fraction of sp³-hybridized carbons (Fsp3) is 0.700. The molecule has 0 amide bonds. The van der Waals surface area contributed by atoms with Crippen LogP contribution in [0.2, 0.25) is 0 Å². The molecule has 5 heteroatoms. The molecule has 1 fully saturated rings. The van der Waals surface area contributed by atoms with Crippen molar-refractivity contribution in [3.05, 3.63) is 35.4 Å². The lowest BCUT2D eigenvalue weighted by atomic mass is 10.00. The summed E-state index contributed by atoms with van der Waals surface area (Å²) in [6.45, 7) is 10.8. The Morgan fingerprint density at radius 3 is 2.64 bits per heavy atom. The van der Waals surface area contributed by atoms with Gasteiger partial charge in [-0.2, -0.15) is 0 Å². The zero-order valence-electron chi connectivity index (χ0n) is 15.7. The van der Waals surface area contributed by atoms with Gasteiger partial charge in [0.1, 0.15) is 0 Å². The third-order valence-corrected chi connectivity index (χ3v) is 5.58. The molecule has 1 aromatic rings. The van der Waals surface area contributed by atoms with Crippen LogP contribution in [0.4, 0.5) is 0 Å². The van der Waals surface area contributed by atoms with Gasteiger partial charge in [0.25, 0.3) is 0 Å². The van der Waals surface area contributed by atoms with Crippen LogP contribution in [0, 0.1) is 0 Å². The number of β-amino-alcohol motifs (C(OH)–C–C–N with tert-alkyl or cyclic N) is 1. The van der Waals surface area contributed by atoms with E-state index in [0.717, 1.165) is 65.4 Å². The first-order valence-corrected chi connectivity index (χ1v) is 9.58. The van der Waals surface area contributed by atoms with Crippen LogP contribution in [0.3, 0.4) is 0 Å². The van der Waals surface area contributed by atoms with Crippen molar-refractivity contribution in [1.82, 2.24) is 14.7 Å². The van der Waals surface area contributed by atoms with Gasteiger partial charge in [0.05, 0.1) is 12.7 Å². The second kappa shape index (κ2) is 9.10. The van der Waals surface area contributed by atoms with Crippen molar-refractivity contribution >= 4 is 0 Å². The molecule has 0 unspecified atom stereocenters. The van der Waals surface area contributed by atoms with Crippen molar-refractivity contribution in [2.75, 3.05) is 59.5 Å². The molecule has 5 nitrogen and oxygen atoms in total. The summed E-state index contributed by atoms with van der Waals surface area (Å²) in [4.78, 5) is 7.29. The van der Waals surface area contributed by atoms with Crippen LogP contribution >= 0.6 is 0 Å². The van der Waals surface area contributed by atoms with Crippen molar-refractivity contribution in [2.24, 2.45) is 0 Å². The highest BCUT2D eigenvalue weighted by Gasteiger charge is 2.25. The van der Waals surface area contributed by atoms with Gasteiger partial charge >= 0.3 is 0 Å². The van der Waals surface area contributed by atoms with Gasteiger partial charge in [-0.05, 0) is 24.5 Å². The number of piperazine rings is 1. The fourth-order valence-corrected chi connectivity index (χ4v) is 4.14. The average Bonchev–Trinajstić information content (AvgIpc) is 2.61. The Morgan fingerprint density at radius 1 is 1.12 bits per heavy atom.